The smallest absolute Gasteiger partial charge is 0.224 e. The molecule has 0 saturated heterocycles. The number of benzene rings is 2. The molecule has 3 nitrogen and oxygen atoms in total. The van der Waals surface area contributed by atoms with Crippen LogP contribution in [0, 0.1) is 0 Å². The number of para-hydroxylation sites is 1. The standard InChI is InChI=1S/C17H20N2O/c1-2-13-7-3-4-9-15(13)12-19-17(20)11-14-8-5-6-10-16(14)18/h3-10H,2,11-12,18H2,1H3,(H,19,20). The summed E-state index contributed by atoms with van der Waals surface area (Å²) in [5.74, 6) is -0.00574. The second-order valence-corrected chi connectivity index (χ2v) is 4.77. The van der Waals surface area contributed by atoms with Gasteiger partial charge in [0.2, 0.25) is 5.91 Å². The Morgan fingerprint density at radius 2 is 1.60 bits per heavy atom. The van der Waals surface area contributed by atoms with Crippen LogP contribution in [0.1, 0.15) is 23.6 Å². The van der Waals surface area contributed by atoms with Gasteiger partial charge in [-0.25, -0.2) is 0 Å². The van der Waals surface area contributed by atoms with Gasteiger partial charge in [-0.05, 0) is 29.2 Å². The summed E-state index contributed by atoms with van der Waals surface area (Å²) >= 11 is 0. The van der Waals surface area contributed by atoms with Crippen LogP contribution in [0.25, 0.3) is 0 Å². The molecule has 0 radical (unpaired) electrons. The van der Waals surface area contributed by atoms with Gasteiger partial charge in [-0.15, -0.1) is 0 Å². The number of hydrogen-bond donors (Lipinski definition) is 2. The molecule has 104 valence electrons. The zero-order valence-corrected chi connectivity index (χ0v) is 11.7. The molecular formula is C17H20N2O. The Kier molecular flexibility index (Phi) is 4.77. The van der Waals surface area contributed by atoms with Crippen molar-refractivity contribution in [2.24, 2.45) is 0 Å². The van der Waals surface area contributed by atoms with Gasteiger partial charge in [-0.3, -0.25) is 4.79 Å². The van der Waals surface area contributed by atoms with Gasteiger partial charge in [0.15, 0.2) is 0 Å². The summed E-state index contributed by atoms with van der Waals surface area (Å²) in [5, 5.41) is 2.95. The zero-order chi connectivity index (χ0) is 14.4. The number of aryl methyl sites for hydroxylation is 1. The molecule has 0 spiro atoms. The van der Waals surface area contributed by atoms with E-state index in [2.05, 4.69) is 24.4 Å². The van der Waals surface area contributed by atoms with Gasteiger partial charge in [-0.1, -0.05) is 49.4 Å². The summed E-state index contributed by atoms with van der Waals surface area (Å²) < 4.78 is 0. The van der Waals surface area contributed by atoms with Crippen molar-refractivity contribution in [3.63, 3.8) is 0 Å². The summed E-state index contributed by atoms with van der Waals surface area (Å²) in [6, 6.07) is 15.6. The molecule has 0 heterocycles. The van der Waals surface area contributed by atoms with Crippen LogP contribution in [-0.2, 0) is 24.2 Å². The number of nitrogens with one attached hydrogen (secondary N) is 1. The van der Waals surface area contributed by atoms with Crippen molar-refractivity contribution in [2.45, 2.75) is 26.3 Å². The minimum absolute atomic E-state index is 0.00574. The molecule has 0 aliphatic carbocycles. The van der Waals surface area contributed by atoms with Gasteiger partial charge < -0.3 is 11.1 Å². The van der Waals surface area contributed by atoms with Crippen LogP contribution < -0.4 is 11.1 Å². The number of nitrogen functional groups attached to an aromatic ring is 1. The van der Waals surface area contributed by atoms with E-state index in [4.69, 9.17) is 5.73 Å². The molecule has 0 unspecified atom stereocenters. The molecule has 20 heavy (non-hydrogen) atoms. The van der Waals surface area contributed by atoms with Gasteiger partial charge in [0.25, 0.3) is 0 Å². The fourth-order valence-electron chi connectivity index (χ4n) is 2.20. The van der Waals surface area contributed by atoms with Gasteiger partial charge in [0, 0.05) is 12.2 Å². The molecule has 2 rings (SSSR count). The molecule has 0 aromatic heterocycles. The van der Waals surface area contributed by atoms with Crippen LogP contribution in [0.4, 0.5) is 5.69 Å². The quantitative estimate of drug-likeness (QED) is 0.819. The number of carbonyl (C=O) groups is 1. The number of nitrogens with two attached hydrogens (primary N) is 1. The second kappa shape index (κ2) is 6.75. The maximum absolute atomic E-state index is 12.0. The fourth-order valence-corrected chi connectivity index (χ4v) is 2.20. The van der Waals surface area contributed by atoms with E-state index in [-0.39, 0.29) is 5.91 Å². The normalized spacial score (nSPS) is 10.2. The second-order valence-electron chi connectivity index (χ2n) is 4.77. The Labute approximate surface area is 119 Å². The Hall–Kier alpha value is -2.29. The number of carbonyl (C=O) groups excluding carboxylic acids is 1. The van der Waals surface area contributed by atoms with Gasteiger partial charge in [0.1, 0.15) is 0 Å². The molecular weight excluding hydrogens is 248 g/mol. The van der Waals surface area contributed by atoms with Gasteiger partial charge >= 0.3 is 0 Å². The number of anilines is 1. The SMILES string of the molecule is CCc1ccccc1CNC(=O)Cc1ccccc1N. The number of hydrogen-bond acceptors (Lipinski definition) is 2. The highest BCUT2D eigenvalue weighted by Crippen LogP contribution is 2.12. The van der Waals surface area contributed by atoms with Crippen LogP contribution in [0.3, 0.4) is 0 Å². The highest BCUT2D eigenvalue weighted by molar-refractivity contribution is 5.80. The molecule has 0 fully saturated rings. The molecule has 0 atom stereocenters. The lowest BCUT2D eigenvalue weighted by Crippen LogP contribution is -2.25. The van der Waals surface area contributed by atoms with E-state index < -0.39 is 0 Å². The summed E-state index contributed by atoms with van der Waals surface area (Å²) in [5.41, 5.74) is 9.82. The highest BCUT2D eigenvalue weighted by atomic mass is 16.1. The largest absolute Gasteiger partial charge is 0.398 e. The van der Waals surface area contributed by atoms with E-state index in [1.807, 2.05) is 36.4 Å². The van der Waals surface area contributed by atoms with Crippen molar-refractivity contribution in [1.82, 2.24) is 5.32 Å². The summed E-state index contributed by atoms with van der Waals surface area (Å²) in [6.45, 7) is 2.68. The molecule has 2 aromatic carbocycles. The van der Waals surface area contributed by atoms with Crippen molar-refractivity contribution in [2.75, 3.05) is 5.73 Å². The van der Waals surface area contributed by atoms with E-state index in [1.54, 1.807) is 0 Å². The van der Waals surface area contributed by atoms with E-state index in [1.165, 1.54) is 11.1 Å². The average Bonchev–Trinajstić information content (AvgIpc) is 2.48. The predicted octanol–water partition coefficient (Wildman–Crippen LogP) is 2.69. The Morgan fingerprint density at radius 3 is 2.25 bits per heavy atom. The topological polar surface area (TPSA) is 55.1 Å². The van der Waals surface area contributed by atoms with Crippen molar-refractivity contribution in [3.8, 4) is 0 Å². The van der Waals surface area contributed by atoms with Gasteiger partial charge in [-0.2, -0.15) is 0 Å². The Balaban J connectivity index is 1.94. The van der Waals surface area contributed by atoms with E-state index in [9.17, 15) is 4.79 Å². The average molecular weight is 268 g/mol. The maximum atomic E-state index is 12.0. The Bertz CT molecular complexity index is 593. The molecule has 0 aliphatic heterocycles. The third kappa shape index (κ3) is 3.60. The van der Waals surface area contributed by atoms with Crippen LogP contribution in [0.5, 0.6) is 0 Å². The van der Waals surface area contributed by atoms with Crippen molar-refractivity contribution in [3.05, 3.63) is 65.2 Å². The molecule has 1 amide bonds. The predicted molar refractivity (Wildman–Crippen MR) is 82.2 cm³/mol. The first kappa shape index (κ1) is 14.1. The zero-order valence-electron chi connectivity index (χ0n) is 11.7. The van der Waals surface area contributed by atoms with E-state index in [0.29, 0.717) is 18.7 Å². The Morgan fingerprint density at radius 1 is 1.00 bits per heavy atom. The molecule has 0 bridgehead atoms. The first-order valence-electron chi connectivity index (χ1n) is 6.87. The van der Waals surface area contributed by atoms with Crippen molar-refractivity contribution >= 4 is 11.6 Å². The first-order chi connectivity index (χ1) is 9.70. The van der Waals surface area contributed by atoms with E-state index >= 15 is 0 Å². The third-order valence-electron chi connectivity index (χ3n) is 3.38. The molecule has 3 heteroatoms. The van der Waals surface area contributed by atoms with E-state index in [0.717, 1.165) is 12.0 Å². The van der Waals surface area contributed by atoms with Crippen LogP contribution >= 0.6 is 0 Å². The lowest BCUT2D eigenvalue weighted by molar-refractivity contribution is -0.120. The monoisotopic (exact) mass is 268 g/mol. The fraction of sp³-hybridized carbons (Fsp3) is 0.235. The number of rotatable bonds is 5. The minimum Gasteiger partial charge on any atom is -0.398 e. The lowest BCUT2D eigenvalue weighted by atomic mass is 10.1. The molecule has 0 aliphatic rings. The first-order valence-corrected chi connectivity index (χ1v) is 6.87. The minimum atomic E-state index is -0.00574. The van der Waals surface area contributed by atoms with Crippen LogP contribution in [-0.4, -0.2) is 5.91 Å². The highest BCUT2D eigenvalue weighted by Gasteiger charge is 2.07. The summed E-state index contributed by atoms with van der Waals surface area (Å²) in [7, 11) is 0. The summed E-state index contributed by atoms with van der Waals surface area (Å²) in [6.07, 6.45) is 1.29. The van der Waals surface area contributed by atoms with Crippen LogP contribution in [0.2, 0.25) is 0 Å². The van der Waals surface area contributed by atoms with Crippen molar-refractivity contribution < 1.29 is 4.79 Å². The van der Waals surface area contributed by atoms with Gasteiger partial charge in [0.05, 0.1) is 6.42 Å². The lowest BCUT2D eigenvalue weighted by Gasteiger charge is -2.10. The number of amides is 1. The molecule has 0 saturated carbocycles. The third-order valence-corrected chi connectivity index (χ3v) is 3.38. The molecule has 3 N–H and O–H groups in total. The molecule has 2 aromatic rings. The van der Waals surface area contributed by atoms with Crippen molar-refractivity contribution in [1.29, 1.82) is 0 Å². The summed E-state index contributed by atoms with van der Waals surface area (Å²) in [4.78, 5) is 12.0. The van der Waals surface area contributed by atoms with Crippen LogP contribution in [0.15, 0.2) is 48.5 Å². The maximum Gasteiger partial charge on any atom is 0.224 e.